The average Bonchev–Trinajstić information content (AvgIpc) is 2.75. The van der Waals surface area contributed by atoms with Crippen molar-refractivity contribution in [1.82, 2.24) is 9.62 Å². The van der Waals surface area contributed by atoms with Gasteiger partial charge < -0.3 is 4.90 Å². The minimum atomic E-state index is -3.29. The van der Waals surface area contributed by atoms with Crippen LogP contribution in [0.3, 0.4) is 0 Å². The van der Waals surface area contributed by atoms with E-state index < -0.39 is 25.8 Å². The molecule has 1 N–H and O–H groups in total. The average molecular weight is 338 g/mol. The minimum Gasteiger partial charge on any atom is -0.338 e. The van der Waals surface area contributed by atoms with Gasteiger partial charge in [-0.3, -0.25) is 4.79 Å². The lowest BCUT2D eigenvalue weighted by atomic mass is 9.99. The summed E-state index contributed by atoms with van der Waals surface area (Å²) in [6, 6.07) is -0.177. The van der Waals surface area contributed by atoms with E-state index in [-0.39, 0.29) is 30.0 Å². The third-order valence-corrected chi connectivity index (χ3v) is 6.53. The molecule has 0 aromatic heterocycles. The van der Waals surface area contributed by atoms with Crippen LogP contribution in [0, 0.1) is 5.92 Å². The molecule has 2 saturated heterocycles. The molecule has 9 heteroatoms. The Morgan fingerprint density at radius 2 is 2.00 bits per heavy atom. The molecule has 2 aliphatic rings. The van der Waals surface area contributed by atoms with Crippen molar-refractivity contribution in [2.45, 2.75) is 31.7 Å². The first-order valence-corrected chi connectivity index (χ1v) is 10.8. The molecule has 0 bridgehead atoms. The van der Waals surface area contributed by atoms with E-state index in [1.54, 1.807) is 4.90 Å². The SMILES string of the molecule is CS(=O)(=O)NCC1CCCCN1C(=O)C1CCS(=O)(=O)C1. The Morgan fingerprint density at radius 3 is 2.57 bits per heavy atom. The van der Waals surface area contributed by atoms with Gasteiger partial charge in [-0.05, 0) is 25.7 Å². The number of amides is 1. The lowest BCUT2D eigenvalue weighted by Gasteiger charge is -2.37. The third kappa shape index (κ3) is 4.65. The number of sulfonamides is 1. The summed E-state index contributed by atoms with van der Waals surface area (Å²) in [6.07, 6.45) is 4.03. The number of rotatable bonds is 4. The number of hydrogen-bond acceptors (Lipinski definition) is 5. The smallest absolute Gasteiger partial charge is 0.227 e. The molecule has 2 aliphatic heterocycles. The fourth-order valence-corrected chi connectivity index (χ4v) is 5.20. The van der Waals surface area contributed by atoms with Crippen LogP contribution in [0.4, 0.5) is 0 Å². The summed E-state index contributed by atoms with van der Waals surface area (Å²) < 4.78 is 47.8. The molecule has 2 unspecified atom stereocenters. The van der Waals surface area contributed by atoms with Gasteiger partial charge in [0.1, 0.15) is 0 Å². The van der Waals surface area contributed by atoms with Gasteiger partial charge in [-0.25, -0.2) is 21.6 Å². The second-order valence-corrected chi connectivity index (χ2v) is 9.96. The van der Waals surface area contributed by atoms with Crippen molar-refractivity contribution in [2.75, 3.05) is 30.9 Å². The van der Waals surface area contributed by atoms with Gasteiger partial charge in [0, 0.05) is 19.1 Å². The van der Waals surface area contributed by atoms with Crippen LogP contribution in [0.1, 0.15) is 25.7 Å². The van der Waals surface area contributed by atoms with Gasteiger partial charge >= 0.3 is 0 Å². The number of likely N-dealkylation sites (tertiary alicyclic amines) is 1. The Kier molecular flexibility index (Phi) is 4.94. The zero-order chi connectivity index (χ0) is 15.7. The number of nitrogens with zero attached hydrogens (tertiary/aromatic N) is 1. The summed E-state index contributed by atoms with van der Waals surface area (Å²) in [5, 5.41) is 0. The first-order chi connectivity index (χ1) is 9.68. The number of nitrogens with one attached hydrogen (secondary N) is 1. The number of carbonyl (C=O) groups excluding carboxylic acids is 1. The molecule has 0 saturated carbocycles. The molecule has 0 spiro atoms. The Bertz CT molecular complexity index is 599. The van der Waals surface area contributed by atoms with Crippen molar-refractivity contribution in [1.29, 1.82) is 0 Å². The fraction of sp³-hybridized carbons (Fsp3) is 0.917. The minimum absolute atomic E-state index is 0.0729. The van der Waals surface area contributed by atoms with Crippen LogP contribution >= 0.6 is 0 Å². The van der Waals surface area contributed by atoms with Crippen molar-refractivity contribution in [3.8, 4) is 0 Å². The number of carbonyl (C=O) groups is 1. The summed E-state index contributed by atoms with van der Waals surface area (Å²) in [4.78, 5) is 14.2. The second-order valence-electron chi connectivity index (χ2n) is 5.90. The van der Waals surface area contributed by atoms with E-state index in [1.807, 2.05) is 0 Å². The van der Waals surface area contributed by atoms with Crippen LogP contribution in [0.25, 0.3) is 0 Å². The second kappa shape index (κ2) is 6.21. The van der Waals surface area contributed by atoms with E-state index in [9.17, 15) is 21.6 Å². The summed E-state index contributed by atoms with van der Waals surface area (Å²) in [5.74, 6) is -0.608. The van der Waals surface area contributed by atoms with Crippen LogP contribution in [0.15, 0.2) is 0 Å². The van der Waals surface area contributed by atoms with Gasteiger partial charge in [0.05, 0.1) is 23.7 Å². The van der Waals surface area contributed by atoms with Crippen LogP contribution in [0.2, 0.25) is 0 Å². The van der Waals surface area contributed by atoms with Crippen molar-refractivity contribution < 1.29 is 21.6 Å². The number of sulfone groups is 1. The topological polar surface area (TPSA) is 101 Å². The molecule has 1 amide bonds. The molecule has 7 nitrogen and oxygen atoms in total. The Morgan fingerprint density at radius 1 is 1.29 bits per heavy atom. The highest BCUT2D eigenvalue weighted by atomic mass is 32.2. The molecule has 0 aromatic carbocycles. The summed E-state index contributed by atoms with van der Waals surface area (Å²) in [5.41, 5.74) is 0. The molecule has 2 fully saturated rings. The number of piperidine rings is 1. The van der Waals surface area contributed by atoms with E-state index in [0.29, 0.717) is 13.0 Å². The molecular formula is C12H22N2O5S2. The van der Waals surface area contributed by atoms with Gasteiger partial charge in [0.25, 0.3) is 0 Å². The third-order valence-electron chi connectivity index (χ3n) is 4.07. The Balaban J connectivity index is 2.02. The monoisotopic (exact) mass is 338 g/mol. The normalized spacial score (nSPS) is 29.5. The van der Waals surface area contributed by atoms with Gasteiger partial charge in [0.2, 0.25) is 15.9 Å². The molecule has 0 radical (unpaired) electrons. The van der Waals surface area contributed by atoms with Crippen LogP contribution in [0.5, 0.6) is 0 Å². The van der Waals surface area contributed by atoms with E-state index >= 15 is 0 Å². The number of hydrogen-bond donors (Lipinski definition) is 1. The first kappa shape index (κ1) is 16.7. The van der Waals surface area contributed by atoms with Gasteiger partial charge in [-0.1, -0.05) is 0 Å². The van der Waals surface area contributed by atoms with Gasteiger partial charge in [0.15, 0.2) is 9.84 Å². The predicted octanol–water partition coefficient (Wildman–Crippen LogP) is -0.649. The van der Waals surface area contributed by atoms with E-state index in [1.165, 1.54) is 0 Å². The maximum absolute atomic E-state index is 12.5. The maximum atomic E-state index is 12.5. The molecule has 2 rings (SSSR count). The predicted molar refractivity (Wildman–Crippen MR) is 79.0 cm³/mol. The van der Waals surface area contributed by atoms with Crippen molar-refractivity contribution in [3.05, 3.63) is 0 Å². The van der Waals surface area contributed by atoms with Crippen molar-refractivity contribution in [3.63, 3.8) is 0 Å². The zero-order valence-electron chi connectivity index (χ0n) is 12.1. The highest BCUT2D eigenvalue weighted by Gasteiger charge is 2.38. The van der Waals surface area contributed by atoms with Crippen molar-refractivity contribution in [2.24, 2.45) is 5.92 Å². The maximum Gasteiger partial charge on any atom is 0.227 e. The lowest BCUT2D eigenvalue weighted by molar-refractivity contribution is -0.138. The van der Waals surface area contributed by atoms with Crippen LogP contribution < -0.4 is 4.72 Å². The summed E-state index contributed by atoms with van der Waals surface area (Å²) >= 11 is 0. The summed E-state index contributed by atoms with van der Waals surface area (Å²) in [7, 11) is -6.39. The quantitative estimate of drug-likeness (QED) is 0.734. The molecular weight excluding hydrogens is 316 g/mol. The Hall–Kier alpha value is -0.670. The van der Waals surface area contributed by atoms with Crippen LogP contribution in [-0.4, -0.2) is 64.5 Å². The standard InChI is InChI=1S/C12H22N2O5S2/c1-20(16,17)13-8-11-4-2-3-6-14(11)12(15)10-5-7-21(18,19)9-10/h10-11,13H,2-9H2,1H3. The zero-order valence-corrected chi connectivity index (χ0v) is 13.7. The van der Waals surface area contributed by atoms with E-state index in [4.69, 9.17) is 0 Å². The molecule has 2 atom stereocenters. The molecule has 21 heavy (non-hydrogen) atoms. The van der Waals surface area contributed by atoms with E-state index in [0.717, 1.165) is 25.5 Å². The molecule has 122 valence electrons. The lowest BCUT2D eigenvalue weighted by Crippen LogP contribution is -2.51. The Labute approximate surface area is 126 Å². The van der Waals surface area contributed by atoms with Gasteiger partial charge in [-0.2, -0.15) is 0 Å². The van der Waals surface area contributed by atoms with Crippen LogP contribution in [-0.2, 0) is 24.7 Å². The van der Waals surface area contributed by atoms with E-state index in [2.05, 4.69) is 4.72 Å². The highest BCUT2D eigenvalue weighted by Crippen LogP contribution is 2.25. The molecule has 0 aromatic rings. The fourth-order valence-electron chi connectivity index (χ4n) is 2.97. The largest absolute Gasteiger partial charge is 0.338 e. The first-order valence-electron chi connectivity index (χ1n) is 7.13. The summed E-state index contributed by atoms with van der Waals surface area (Å²) in [6.45, 7) is 0.773. The van der Waals surface area contributed by atoms with Gasteiger partial charge in [-0.15, -0.1) is 0 Å². The molecule has 2 heterocycles. The molecule has 0 aliphatic carbocycles. The van der Waals surface area contributed by atoms with Crippen molar-refractivity contribution >= 4 is 25.8 Å². The highest BCUT2D eigenvalue weighted by molar-refractivity contribution is 7.91.